The van der Waals surface area contributed by atoms with Gasteiger partial charge in [-0.05, 0) is 36.6 Å². The summed E-state index contributed by atoms with van der Waals surface area (Å²) < 4.78 is 5.99. The lowest BCUT2D eigenvalue weighted by molar-refractivity contribution is -0.000488. The average molecular weight is 350 g/mol. The number of aromatic hydroxyl groups is 1. The van der Waals surface area contributed by atoms with Crippen molar-refractivity contribution in [3.05, 3.63) is 65.9 Å². The third kappa shape index (κ3) is 3.44. The maximum absolute atomic E-state index is 12.7. The molecular weight excluding hydrogens is 328 g/mol. The van der Waals surface area contributed by atoms with E-state index in [0.717, 1.165) is 18.4 Å². The van der Waals surface area contributed by atoms with Crippen molar-refractivity contribution < 1.29 is 14.6 Å². The van der Waals surface area contributed by atoms with Crippen LogP contribution in [0.5, 0.6) is 5.75 Å². The molecule has 3 aromatic rings. The summed E-state index contributed by atoms with van der Waals surface area (Å²) in [4.78, 5) is 17.7. The van der Waals surface area contributed by atoms with E-state index in [0.29, 0.717) is 30.8 Å². The van der Waals surface area contributed by atoms with E-state index in [9.17, 15) is 9.90 Å². The van der Waals surface area contributed by atoms with Crippen LogP contribution in [0.4, 0.5) is 0 Å². The highest BCUT2D eigenvalue weighted by Crippen LogP contribution is 2.26. The van der Waals surface area contributed by atoms with E-state index in [1.54, 1.807) is 18.2 Å². The van der Waals surface area contributed by atoms with Gasteiger partial charge in [-0.1, -0.05) is 36.4 Å². The fourth-order valence-electron chi connectivity index (χ4n) is 3.44. The van der Waals surface area contributed by atoms with Crippen molar-refractivity contribution in [3.8, 4) is 5.75 Å². The number of nitrogens with one attached hydrogen (secondary N) is 1. The number of phenols is 1. The second-order valence-electron chi connectivity index (χ2n) is 6.71. The monoisotopic (exact) mass is 350 g/mol. The van der Waals surface area contributed by atoms with Crippen LogP contribution in [-0.2, 0) is 11.3 Å². The number of benzene rings is 2. The molecule has 2 heterocycles. The summed E-state index contributed by atoms with van der Waals surface area (Å²) in [7, 11) is 0. The van der Waals surface area contributed by atoms with Gasteiger partial charge in [-0.2, -0.15) is 0 Å². The fraction of sp³-hybridized carbons (Fsp3) is 0.286. The Labute approximate surface area is 152 Å². The van der Waals surface area contributed by atoms with E-state index in [-0.39, 0.29) is 17.8 Å². The molecule has 0 atom stereocenters. The molecule has 0 saturated carbocycles. The maximum atomic E-state index is 12.7. The van der Waals surface area contributed by atoms with Gasteiger partial charge in [-0.25, -0.2) is 0 Å². The third-order valence-electron chi connectivity index (χ3n) is 4.93. The maximum Gasteiger partial charge on any atom is 0.270 e. The van der Waals surface area contributed by atoms with Crippen LogP contribution < -0.4 is 0 Å². The van der Waals surface area contributed by atoms with Gasteiger partial charge in [0.25, 0.3) is 5.91 Å². The number of rotatable bonds is 4. The summed E-state index contributed by atoms with van der Waals surface area (Å²) in [6.07, 6.45) is 1.86. The second kappa shape index (κ2) is 7.22. The van der Waals surface area contributed by atoms with E-state index in [1.807, 2.05) is 29.2 Å². The van der Waals surface area contributed by atoms with Gasteiger partial charge in [0.2, 0.25) is 0 Å². The number of nitrogens with zero attached hydrogens (tertiary/aromatic N) is 1. The minimum Gasteiger partial charge on any atom is -0.507 e. The molecule has 2 N–H and O–H groups in total. The Hall–Kier alpha value is -2.79. The number of phenolic OH excluding ortho intramolecular Hbond substituents is 1. The van der Waals surface area contributed by atoms with E-state index >= 15 is 0 Å². The molecule has 26 heavy (non-hydrogen) atoms. The van der Waals surface area contributed by atoms with Gasteiger partial charge in [0.1, 0.15) is 11.4 Å². The zero-order valence-corrected chi connectivity index (χ0v) is 14.5. The Morgan fingerprint density at radius 3 is 2.62 bits per heavy atom. The van der Waals surface area contributed by atoms with E-state index < -0.39 is 0 Å². The van der Waals surface area contributed by atoms with Crippen molar-refractivity contribution in [2.45, 2.75) is 25.6 Å². The number of H-pyrrole nitrogens is 1. The molecule has 2 aromatic carbocycles. The summed E-state index contributed by atoms with van der Waals surface area (Å²) in [6.45, 7) is 1.97. The van der Waals surface area contributed by atoms with Gasteiger partial charge < -0.3 is 19.7 Å². The Bertz CT molecular complexity index is 896. The lowest BCUT2D eigenvalue weighted by atomic mass is 10.1. The molecule has 134 valence electrons. The number of carbonyl (C=O) groups excluding carboxylic acids is 1. The summed E-state index contributed by atoms with van der Waals surface area (Å²) >= 11 is 0. The normalized spacial score (nSPS) is 15.5. The summed E-state index contributed by atoms with van der Waals surface area (Å²) in [5, 5.41) is 10.6. The molecule has 1 aliphatic heterocycles. The molecule has 0 aliphatic carbocycles. The number of fused-ring (bicyclic) bond motifs is 1. The first-order valence-electron chi connectivity index (χ1n) is 8.96. The van der Waals surface area contributed by atoms with E-state index in [2.05, 4.69) is 17.1 Å². The standard InChI is InChI=1S/C21H22N2O3/c24-20-8-4-7-18-17(20)13-19(22-18)21(25)23-11-9-16(10-12-23)26-14-15-5-2-1-3-6-15/h1-8,13,16,22,24H,9-12,14H2. The first kappa shape index (κ1) is 16.7. The number of hydrogen-bond donors (Lipinski definition) is 2. The van der Waals surface area contributed by atoms with Crippen LogP contribution in [0.25, 0.3) is 10.9 Å². The SMILES string of the molecule is O=C(c1cc2c(O)cccc2[nH]1)N1CCC(OCc2ccccc2)CC1. The number of ether oxygens (including phenoxy) is 1. The van der Waals surface area contributed by atoms with Crippen LogP contribution in [0, 0.1) is 0 Å². The molecule has 0 bridgehead atoms. The van der Waals surface area contributed by atoms with E-state index in [4.69, 9.17) is 4.74 Å². The molecule has 4 rings (SSSR count). The van der Waals surface area contributed by atoms with Crippen LogP contribution >= 0.6 is 0 Å². The predicted octanol–water partition coefficient (Wildman–Crippen LogP) is 3.69. The van der Waals surface area contributed by atoms with E-state index in [1.165, 1.54) is 5.56 Å². The number of aromatic amines is 1. The lowest BCUT2D eigenvalue weighted by Crippen LogP contribution is -2.41. The topological polar surface area (TPSA) is 65.6 Å². The van der Waals surface area contributed by atoms with Crippen LogP contribution in [0.2, 0.25) is 0 Å². The predicted molar refractivity (Wildman–Crippen MR) is 100 cm³/mol. The molecule has 1 fully saturated rings. The van der Waals surface area contributed by atoms with Gasteiger partial charge in [0.05, 0.1) is 12.7 Å². The summed E-state index contributed by atoms with van der Waals surface area (Å²) in [5.74, 6) is 0.160. The smallest absolute Gasteiger partial charge is 0.270 e. The van der Waals surface area contributed by atoms with Crippen molar-refractivity contribution in [3.63, 3.8) is 0 Å². The van der Waals surface area contributed by atoms with Crippen molar-refractivity contribution >= 4 is 16.8 Å². The highest BCUT2D eigenvalue weighted by atomic mass is 16.5. The Morgan fingerprint density at radius 2 is 1.88 bits per heavy atom. The molecular formula is C21H22N2O3. The van der Waals surface area contributed by atoms with Gasteiger partial charge >= 0.3 is 0 Å². The lowest BCUT2D eigenvalue weighted by Gasteiger charge is -2.31. The summed E-state index contributed by atoms with van der Waals surface area (Å²) in [6, 6.07) is 17.1. The third-order valence-corrected chi connectivity index (χ3v) is 4.93. The molecule has 0 spiro atoms. The number of likely N-dealkylation sites (tertiary alicyclic amines) is 1. The van der Waals surface area contributed by atoms with Gasteiger partial charge in [-0.15, -0.1) is 0 Å². The molecule has 0 unspecified atom stereocenters. The highest BCUT2D eigenvalue weighted by molar-refractivity contribution is 5.99. The summed E-state index contributed by atoms with van der Waals surface area (Å²) in [5.41, 5.74) is 2.46. The van der Waals surface area contributed by atoms with Gasteiger partial charge in [0, 0.05) is 24.0 Å². The van der Waals surface area contributed by atoms with Crippen LogP contribution in [-0.4, -0.2) is 40.1 Å². The van der Waals surface area contributed by atoms with Crippen LogP contribution in [0.1, 0.15) is 28.9 Å². The molecule has 1 saturated heterocycles. The average Bonchev–Trinajstić information content (AvgIpc) is 3.13. The largest absolute Gasteiger partial charge is 0.507 e. The quantitative estimate of drug-likeness (QED) is 0.754. The van der Waals surface area contributed by atoms with Gasteiger partial charge in [0.15, 0.2) is 0 Å². The van der Waals surface area contributed by atoms with Gasteiger partial charge in [-0.3, -0.25) is 4.79 Å². The number of piperidine rings is 1. The van der Waals surface area contributed by atoms with Crippen molar-refractivity contribution in [1.29, 1.82) is 0 Å². The second-order valence-corrected chi connectivity index (χ2v) is 6.71. The number of amides is 1. The zero-order chi connectivity index (χ0) is 17.9. The molecule has 1 aliphatic rings. The first-order valence-corrected chi connectivity index (χ1v) is 8.96. The number of aromatic nitrogens is 1. The first-order chi connectivity index (χ1) is 12.7. The molecule has 0 radical (unpaired) electrons. The van der Waals surface area contributed by atoms with Crippen molar-refractivity contribution in [2.75, 3.05) is 13.1 Å². The minimum absolute atomic E-state index is 0.0258. The number of hydrogen-bond acceptors (Lipinski definition) is 3. The minimum atomic E-state index is -0.0258. The van der Waals surface area contributed by atoms with Crippen LogP contribution in [0.15, 0.2) is 54.6 Å². The number of carbonyl (C=O) groups is 1. The molecule has 1 amide bonds. The fourth-order valence-corrected chi connectivity index (χ4v) is 3.44. The Morgan fingerprint density at radius 1 is 1.12 bits per heavy atom. The molecule has 5 nitrogen and oxygen atoms in total. The van der Waals surface area contributed by atoms with Crippen LogP contribution in [0.3, 0.4) is 0 Å². The van der Waals surface area contributed by atoms with Crippen molar-refractivity contribution in [1.82, 2.24) is 9.88 Å². The van der Waals surface area contributed by atoms with Crippen molar-refractivity contribution in [2.24, 2.45) is 0 Å². The zero-order valence-electron chi connectivity index (χ0n) is 14.5. The Balaban J connectivity index is 1.35. The Kier molecular flexibility index (Phi) is 4.63. The molecule has 5 heteroatoms. The molecule has 1 aromatic heterocycles. The highest BCUT2D eigenvalue weighted by Gasteiger charge is 2.25.